The van der Waals surface area contributed by atoms with Gasteiger partial charge < -0.3 is 15.1 Å². The fourth-order valence-corrected chi connectivity index (χ4v) is 5.73. The van der Waals surface area contributed by atoms with Gasteiger partial charge in [-0.3, -0.25) is 9.79 Å². The van der Waals surface area contributed by atoms with Crippen LogP contribution in [0.5, 0.6) is 0 Å². The Labute approximate surface area is 266 Å². The third kappa shape index (κ3) is 6.12. The molecule has 1 amide bonds. The minimum atomic E-state index is -0.356. The number of piperazine rings is 1. The summed E-state index contributed by atoms with van der Waals surface area (Å²) in [4.78, 5) is 35.8. The highest BCUT2D eigenvalue weighted by Crippen LogP contribution is 2.34. The van der Waals surface area contributed by atoms with Crippen LogP contribution in [0.2, 0.25) is 5.02 Å². The van der Waals surface area contributed by atoms with Crippen molar-refractivity contribution in [2.75, 3.05) is 36.4 Å². The highest BCUT2D eigenvalue weighted by Gasteiger charge is 2.24. The molecule has 1 fully saturated rings. The number of amides is 1. The van der Waals surface area contributed by atoms with Crippen LogP contribution >= 0.6 is 11.6 Å². The van der Waals surface area contributed by atoms with E-state index in [1.807, 2.05) is 53.4 Å². The molecule has 45 heavy (non-hydrogen) atoms. The molecule has 0 unspecified atom stereocenters. The fourth-order valence-electron chi connectivity index (χ4n) is 5.55. The summed E-state index contributed by atoms with van der Waals surface area (Å²) < 4.78 is 14.8. The molecule has 0 atom stereocenters. The minimum Gasteiger partial charge on any atom is -0.353 e. The average Bonchev–Trinajstić information content (AvgIpc) is 3.22. The summed E-state index contributed by atoms with van der Waals surface area (Å²) in [7, 11) is 0. The maximum Gasteiger partial charge on any atom is 0.253 e. The molecular weight excluding hydrogens is 589 g/mol. The smallest absolute Gasteiger partial charge is 0.253 e. The van der Waals surface area contributed by atoms with Gasteiger partial charge in [0.15, 0.2) is 0 Å². The van der Waals surface area contributed by atoms with Gasteiger partial charge in [0.1, 0.15) is 11.6 Å². The van der Waals surface area contributed by atoms with Crippen LogP contribution in [-0.4, -0.2) is 57.6 Å². The number of hydrogen-bond acceptors (Lipinski definition) is 7. The number of carbonyl (C=O) groups is 1. The third-order valence-electron chi connectivity index (χ3n) is 7.82. The topological polar surface area (TPSA) is 86.6 Å². The molecule has 226 valence electrons. The maximum atomic E-state index is 14.8. The van der Waals surface area contributed by atoms with Gasteiger partial charge in [0.05, 0.1) is 18.0 Å². The quantitative estimate of drug-likeness (QED) is 0.227. The van der Waals surface area contributed by atoms with Crippen molar-refractivity contribution in [1.29, 1.82) is 0 Å². The van der Waals surface area contributed by atoms with Crippen LogP contribution in [0.15, 0.2) is 102 Å². The van der Waals surface area contributed by atoms with Crippen LogP contribution in [0.25, 0.3) is 11.3 Å². The zero-order chi connectivity index (χ0) is 30.0. The van der Waals surface area contributed by atoms with E-state index in [0.717, 1.165) is 35.7 Å². The Hall–Kier alpha value is -5.15. The number of anilines is 3. The van der Waals surface area contributed by atoms with Crippen LogP contribution in [0.1, 0.15) is 34.5 Å². The van der Waals surface area contributed by atoms with Crippen molar-refractivity contribution in [2.24, 2.45) is 4.99 Å². The van der Waals surface area contributed by atoms with E-state index in [9.17, 15) is 9.18 Å². The number of benzene rings is 3. The van der Waals surface area contributed by atoms with Gasteiger partial charge in [0.2, 0.25) is 5.95 Å². The van der Waals surface area contributed by atoms with Crippen molar-refractivity contribution in [3.05, 3.63) is 130 Å². The molecule has 3 aromatic carbocycles. The number of pyridine rings is 1. The van der Waals surface area contributed by atoms with Crippen molar-refractivity contribution >= 4 is 40.7 Å². The maximum absolute atomic E-state index is 14.8. The van der Waals surface area contributed by atoms with Gasteiger partial charge in [-0.05, 0) is 60.7 Å². The SMILES string of the molecule is C.O=C(c1ccc(Nc2ncc3c(n2)-c2ccc(Cl)cc2C(c2ccccc2F)=NC3)cc1)N1CCN(c2ccccn2)CC1. The predicted molar refractivity (Wildman–Crippen MR) is 177 cm³/mol. The second-order valence-electron chi connectivity index (χ2n) is 10.6. The second kappa shape index (κ2) is 12.8. The van der Waals surface area contributed by atoms with E-state index in [2.05, 4.69) is 20.2 Å². The van der Waals surface area contributed by atoms with E-state index >= 15 is 0 Å². The van der Waals surface area contributed by atoms with Crippen molar-refractivity contribution in [2.45, 2.75) is 14.0 Å². The molecule has 2 aromatic heterocycles. The van der Waals surface area contributed by atoms with Crippen molar-refractivity contribution in [3.63, 3.8) is 0 Å². The molecule has 10 heteroatoms. The summed E-state index contributed by atoms with van der Waals surface area (Å²) in [5.74, 6) is 0.966. The molecule has 8 nitrogen and oxygen atoms in total. The second-order valence-corrected chi connectivity index (χ2v) is 11.0. The predicted octanol–water partition coefficient (Wildman–Crippen LogP) is 7.02. The van der Waals surface area contributed by atoms with E-state index in [4.69, 9.17) is 21.6 Å². The third-order valence-corrected chi connectivity index (χ3v) is 8.06. The van der Waals surface area contributed by atoms with Gasteiger partial charge in [0, 0.05) is 77.1 Å². The van der Waals surface area contributed by atoms with E-state index in [1.165, 1.54) is 6.07 Å². The lowest BCUT2D eigenvalue weighted by molar-refractivity contribution is 0.0746. The molecule has 4 heterocycles. The van der Waals surface area contributed by atoms with Gasteiger partial charge in [-0.1, -0.05) is 43.3 Å². The average molecular weight is 620 g/mol. The van der Waals surface area contributed by atoms with E-state index in [1.54, 1.807) is 42.7 Å². The van der Waals surface area contributed by atoms with E-state index < -0.39 is 0 Å². The molecule has 0 bridgehead atoms. The number of fused-ring (bicyclic) bond motifs is 3. The molecule has 1 saturated heterocycles. The number of nitrogens with one attached hydrogen (secondary N) is 1. The molecule has 0 aliphatic carbocycles. The first kappa shape index (κ1) is 29.9. The van der Waals surface area contributed by atoms with Crippen molar-refractivity contribution < 1.29 is 9.18 Å². The van der Waals surface area contributed by atoms with Crippen molar-refractivity contribution in [3.8, 4) is 11.3 Å². The molecular formula is C35H31ClFN7O. The lowest BCUT2D eigenvalue weighted by atomic mass is 9.95. The Morgan fingerprint density at radius 1 is 0.844 bits per heavy atom. The standard InChI is InChI=1S/C34H27ClFN7O.CH4/c35-24-10-13-26-28(19-24)32(27-5-1-2-6-29(27)36)38-20-23-21-39-34(41-31(23)26)40-25-11-8-22(9-12-25)33(44)43-17-15-42(16-18-43)30-7-3-4-14-37-30;/h1-14,19,21H,15-18,20H2,(H,39,40,41);1H4. The lowest BCUT2D eigenvalue weighted by Gasteiger charge is -2.35. The summed E-state index contributed by atoms with van der Waals surface area (Å²) in [6.45, 7) is 3.03. The first-order valence-electron chi connectivity index (χ1n) is 14.3. The Morgan fingerprint density at radius 3 is 2.38 bits per heavy atom. The Balaban J connectivity index is 0.00000357. The number of carbonyl (C=O) groups excluding carboxylic acids is 1. The summed E-state index contributed by atoms with van der Waals surface area (Å²) in [6.07, 6.45) is 3.52. The number of rotatable bonds is 5. The van der Waals surface area contributed by atoms with Gasteiger partial charge in [0.25, 0.3) is 5.91 Å². The van der Waals surface area contributed by atoms with E-state index in [0.29, 0.717) is 58.7 Å². The van der Waals surface area contributed by atoms with Gasteiger partial charge in [-0.2, -0.15) is 0 Å². The van der Waals surface area contributed by atoms with Gasteiger partial charge >= 0.3 is 0 Å². The van der Waals surface area contributed by atoms with Crippen LogP contribution in [0.3, 0.4) is 0 Å². The summed E-state index contributed by atoms with van der Waals surface area (Å²) in [6, 6.07) is 25.2. The number of halogens is 2. The molecule has 0 saturated carbocycles. The molecule has 2 aliphatic rings. The number of aromatic nitrogens is 3. The highest BCUT2D eigenvalue weighted by molar-refractivity contribution is 6.31. The lowest BCUT2D eigenvalue weighted by Crippen LogP contribution is -2.49. The van der Waals surface area contributed by atoms with Crippen LogP contribution in [0, 0.1) is 5.82 Å². The molecule has 2 aliphatic heterocycles. The Morgan fingerprint density at radius 2 is 1.62 bits per heavy atom. The summed E-state index contributed by atoms with van der Waals surface area (Å²) >= 11 is 6.38. The monoisotopic (exact) mass is 619 g/mol. The molecule has 0 spiro atoms. The van der Waals surface area contributed by atoms with Crippen LogP contribution < -0.4 is 10.2 Å². The number of nitrogens with zero attached hydrogens (tertiary/aromatic N) is 6. The van der Waals surface area contributed by atoms with Crippen molar-refractivity contribution in [1.82, 2.24) is 19.9 Å². The molecule has 1 N–H and O–H groups in total. The van der Waals surface area contributed by atoms with Crippen LogP contribution in [-0.2, 0) is 6.54 Å². The molecule has 5 aromatic rings. The van der Waals surface area contributed by atoms with Gasteiger partial charge in [-0.15, -0.1) is 0 Å². The largest absolute Gasteiger partial charge is 0.353 e. The first-order chi connectivity index (χ1) is 21.5. The zero-order valence-electron chi connectivity index (χ0n) is 23.6. The summed E-state index contributed by atoms with van der Waals surface area (Å²) in [5, 5.41) is 3.78. The molecule has 0 radical (unpaired) electrons. The highest BCUT2D eigenvalue weighted by atomic mass is 35.5. The Kier molecular flexibility index (Phi) is 8.53. The Bertz CT molecular complexity index is 1870. The minimum absolute atomic E-state index is 0. The zero-order valence-corrected chi connectivity index (χ0v) is 24.4. The normalized spacial score (nSPS) is 14.0. The summed E-state index contributed by atoms with van der Waals surface area (Å²) in [5.41, 5.74) is 5.29. The fraction of sp³-hybridized carbons (Fsp3) is 0.171. The van der Waals surface area contributed by atoms with Crippen LogP contribution in [0.4, 0.5) is 21.8 Å². The van der Waals surface area contributed by atoms with E-state index in [-0.39, 0.29) is 19.2 Å². The van der Waals surface area contributed by atoms with Gasteiger partial charge in [-0.25, -0.2) is 19.3 Å². The molecule has 7 rings (SSSR count). The number of aliphatic imine (C=N–C) groups is 1. The number of hydrogen-bond donors (Lipinski definition) is 1. The first-order valence-corrected chi connectivity index (χ1v) is 14.7.